The lowest BCUT2D eigenvalue weighted by Crippen LogP contribution is -2.06. The van der Waals surface area contributed by atoms with E-state index in [2.05, 4.69) is 0 Å². The lowest BCUT2D eigenvalue weighted by Gasteiger charge is -2.12. The molecule has 0 aliphatic carbocycles. The second kappa shape index (κ2) is 4.64. The number of benzene rings is 1. The molecule has 0 fully saturated rings. The molecule has 0 amide bonds. The minimum atomic E-state index is -0.637. The Bertz CT molecular complexity index is 305. The van der Waals surface area contributed by atoms with Gasteiger partial charge in [-0.3, -0.25) is 0 Å². The van der Waals surface area contributed by atoms with E-state index in [0.29, 0.717) is 23.6 Å². The Morgan fingerprint density at radius 3 is 2.64 bits per heavy atom. The van der Waals surface area contributed by atoms with Gasteiger partial charge in [-0.05, 0) is 37.1 Å². The molecule has 0 aromatic heterocycles. The van der Waals surface area contributed by atoms with Crippen molar-refractivity contribution in [2.24, 2.45) is 5.73 Å². The van der Waals surface area contributed by atoms with Gasteiger partial charge in [-0.2, -0.15) is 0 Å². The third-order valence-corrected chi connectivity index (χ3v) is 2.57. The predicted octanol–water partition coefficient (Wildman–Crippen LogP) is 1.74. The molecule has 0 heterocycles. The molecular formula is C10H14ClNO2. The summed E-state index contributed by atoms with van der Waals surface area (Å²) in [4.78, 5) is 0. The summed E-state index contributed by atoms with van der Waals surface area (Å²) in [5.41, 5.74) is 6.72. The second-order valence-corrected chi connectivity index (χ2v) is 3.64. The predicted molar refractivity (Wildman–Crippen MR) is 56.5 cm³/mol. The quantitative estimate of drug-likeness (QED) is 0.720. The average molecular weight is 216 g/mol. The van der Waals surface area contributed by atoms with Crippen molar-refractivity contribution >= 4 is 11.6 Å². The van der Waals surface area contributed by atoms with Crippen LogP contribution < -0.4 is 5.73 Å². The van der Waals surface area contributed by atoms with Gasteiger partial charge in [-0.15, -0.1) is 0 Å². The Morgan fingerprint density at radius 2 is 2.14 bits per heavy atom. The van der Waals surface area contributed by atoms with Gasteiger partial charge in [-0.25, -0.2) is 0 Å². The number of nitrogens with two attached hydrogens (primary N) is 1. The van der Waals surface area contributed by atoms with E-state index in [4.69, 9.17) is 17.3 Å². The summed E-state index contributed by atoms with van der Waals surface area (Å²) in [6.07, 6.45) is -0.164. The molecule has 0 aliphatic rings. The first kappa shape index (κ1) is 11.3. The van der Waals surface area contributed by atoms with Crippen LogP contribution in [0.5, 0.6) is 5.75 Å². The maximum Gasteiger partial charge on any atom is 0.134 e. The minimum Gasteiger partial charge on any atom is -0.506 e. The third kappa shape index (κ3) is 2.38. The highest BCUT2D eigenvalue weighted by atomic mass is 35.5. The maximum absolute atomic E-state index is 9.63. The standard InChI is InChI=1S/C10H14ClNO2/c1-6-4-7(8(13)2-3-12)5-9(14)10(6)11/h4-5,8,13-14H,2-3,12H2,1H3. The monoisotopic (exact) mass is 215 g/mol. The minimum absolute atomic E-state index is 0.00209. The van der Waals surface area contributed by atoms with E-state index in [0.717, 1.165) is 5.56 Å². The van der Waals surface area contributed by atoms with Gasteiger partial charge in [0.2, 0.25) is 0 Å². The molecule has 78 valence electrons. The van der Waals surface area contributed by atoms with Crippen molar-refractivity contribution in [3.05, 3.63) is 28.3 Å². The van der Waals surface area contributed by atoms with E-state index >= 15 is 0 Å². The smallest absolute Gasteiger partial charge is 0.134 e. The van der Waals surface area contributed by atoms with Gasteiger partial charge in [0.05, 0.1) is 11.1 Å². The van der Waals surface area contributed by atoms with Gasteiger partial charge in [0.1, 0.15) is 5.75 Å². The molecule has 1 aromatic carbocycles. The lowest BCUT2D eigenvalue weighted by molar-refractivity contribution is 0.170. The molecule has 0 saturated carbocycles. The molecule has 0 bridgehead atoms. The fourth-order valence-electron chi connectivity index (χ4n) is 1.30. The third-order valence-electron chi connectivity index (χ3n) is 2.08. The van der Waals surface area contributed by atoms with Crippen LogP contribution in [-0.4, -0.2) is 16.8 Å². The number of rotatable bonds is 3. The Hall–Kier alpha value is -0.770. The highest BCUT2D eigenvalue weighted by Gasteiger charge is 2.11. The Labute approximate surface area is 88.1 Å². The van der Waals surface area contributed by atoms with Crippen molar-refractivity contribution in [1.82, 2.24) is 0 Å². The van der Waals surface area contributed by atoms with Gasteiger partial charge in [-0.1, -0.05) is 17.7 Å². The van der Waals surface area contributed by atoms with Crippen LogP contribution in [0.15, 0.2) is 12.1 Å². The van der Waals surface area contributed by atoms with E-state index in [1.54, 1.807) is 13.0 Å². The fourth-order valence-corrected chi connectivity index (χ4v) is 1.40. The number of aryl methyl sites for hydroxylation is 1. The van der Waals surface area contributed by atoms with Crippen LogP contribution in [0.4, 0.5) is 0 Å². The molecule has 0 radical (unpaired) electrons. The van der Waals surface area contributed by atoms with Crippen molar-refractivity contribution in [1.29, 1.82) is 0 Å². The summed E-state index contributed by atoms with van der Waals surface area (Å²) in [5, 5.41) is 19.4. The number of phenols is 1. The van der Waals surface area contributed by atoms with Crippen molar-refractivity contribution in [3.63, 3.8) is 0 Å². The largest absolute Gasteiger partial charge is 0.506 e. The van der Waals surface area contributed by atoms with Gasteiger partial charge in [0.25, 0.3) is 0 Å². The molecule has 4 N–H and O–H groups in total. The number of phenolic OH excluding ortho intramolecular Hbond substituents is 1. The molecule has 14 heavy (non-hydrogen) atoms. The van der Waals surface area contributed by atoms with Crippen molar-refractivity contribution in [2.75, 3.05) is 6.54 Å². The zero-order valence-electron chi connectivity index (χ0n) is 8.00. The molecule has 1 unspecified atom stereocenters. The van der Waals surface area contributed by atoms with E-state index in [1.807, 2.05) is 0 Å². The Kier molecular flexibility index (Phi) is 3.75. The van der Waals surface area contributed by atoms with Crippen molar-refractivity contribution < 1.29 is 10.2 Å². The number of hydrogen-bond donors (Lipinski definition) is 3. The molecule has 0 spiro atoms. The topological polar surface area (TPSA) is 66.5 Å². The first-order valence-electron chi connectivity index (χ1n) is 4.43. The number of aromatic hydroxyl groups is 1. The van der Waals surface area contributed by atoms with Gasteiger partial charge in [0, 0.05) is 0 Å². The number of hydrogen-bond acceptors (Lipinski definition) is 3. The van der Waals surface area contributed by atoms with Crippen LogP contribution in [0.1, 0.15) is 23.7 Å². The van der Waals surface area contributed by atoms with Crippen LogP contribution in [0, 0.1) is 6.92 Å². The molecular weight excluding hydrogens is 202 g/mol. The van der Waals surface area contributed by atoms with Crippen LogP contribution in [0.25, 0.3) is 0 Å². The summed E-state index contributed by atoms with van der Waals surface area (Å²) in [6.45, 7) is 2.18. The van der Waals surface area contributed by atoms with Crippen LogP contribution in [0.2, 0.25) is 5.02 Å². The fraction of sp³-hybridized carbons (Fsp3) is 0.400. The molecule has 0 aliphatic heterocycles. The molecule has 1 aromatic rings. The second-order valence-electron chi connectivity index (χ2n) is 3.26. The molecule has 1 atom stereocenters. The molecule has 1 rings (SSSR count). The van der Waals surface area contributed by atoms with Crippen LogP contribution in [-0.2, 0) is 0 Å². The number of aliphatic hydroxyl groups excluding tert-OH is 1. The van der Waals surface area contributed by atoms with E-state index in [-0.39, 0.29) is 5.75 Å². The van der Waals surface area contributed by atoms with Gasteiger partial charge >= 0.3 is 0 Å². The van der Waals surface area contributed by atoms with Gasteiger partial charge < -0.3 is 15.9 Å². The molecule has 3 nitrogen and oxygen atoms in total. The average Bonchev–Trinajstić information content (AvgIpc) is 2.13. The zero-order valence-corrected chi connectivity index (χ0v) is 8.75. The SMILES string of the molecule is Cc1cc(C(O)CCN)cc(O)c1Cl. The summed E-state index contributed by atoms with van der Waals surface area (Å²) < 4.78 is 0. The summed E-state index contributed by atoms with van der Waals surface area (Å²) in [5.74, 6) is -0.00209. The Morgan fingerprint density at radius 1 is 1.50 bits per heavy atom. The van der Waals surface area contributed by atoms with Crippen LogP contribution in [0.3, 0.4) is 0 Å². The first-order chi connectivity index (χ1) is 6.56. The van der Waals surface area contributed by atoms with Crippen molar-refractivity contribution in [3.8, 4) is 5.75 Å². The lowest BCUT2D eigenvalue weighted by atomic mass is 10.0. The Balaban J connectivity index is 3.00. The maximum atomic E-state index is 9.63. The van der Waals surface area contributed by atoms with E-state index < -0.39 is 6.10 Å². The van der Waals surface area contributed by atoms with Gasteiger partial charge in [0.15, 0.2) is 0 Å². The highest BCUT2D eigenvalue weighted by Crippen LogP contribution is 2.31. The molecule has 4 heteroatoms. The summed E-state index contributed by atoms with van der Waals surface area (Å²) in [6, 6.07) is 3.22. The number of aliphatic hydroxyl groups is 1. The van der Waals surface area contributed by atoms with Crippen LogP contribution >= 0.6 is 11.6 Å². The number of halogens is 1. The summed E-state index contributed by atoms with van der Waals surface area (Å²) in [7, 11) is 0. The van der Waals surface area contributed by atoms with E-state index in [9.17, 15) is 10.2 Å². The summed E-state index contributed by atoms with van der Waals surface area (Å²) >= 11 is 5.78. The molecule has 0 saturated heterocycles. The zero-order chi connectivity index (χ0) is 10.7. The van der Waals surface area contributed by atoms with Crippen molar-refractivity contribution in [2.45, 2.75) is 19.4 Å². The van der Waals surface area contributed by atoms with E-state index in [1.165, 1.54) is 6.07 Å². The highest BCUT2D eigenvalue weighted by molar-refractivity contribution is 6.32. The first-order valence-corrected chi connectivity index (χ1v) is 4.81. The normalized spacial score (nSPS) is 12.9.